The lowest BCUT2D eigenvalue weighted by atomic mass is 9.98. The first kappa shape index (κ1) is 17.5. The highest BCUT2D eigenvalue weighted by atomic mass is 35.5. The summed E-state index contributed by atoms with van der Waals surface area (Å²) in [7, 11) is 0. The fourth-order valence-electron chi connectivity index (χ4n) is 3.43. The fourth-order valence-corrected chi connectivity index (χ4v) is 3.94. The van der Waals surface area contributed by atoms with Gasteiger partial charge >= 0.3 is 0 Å². The van der Waals surface area contributed by atoms with E-state index in [4.69, 9.17) is 23.2 Å². The lowest BCUT2D eigenvalue weighted by Crippen LogP contribution is -2.56. The summed E-state index contributed by atoms with van der Waals surface area (Å²) in [5, 5.41) is 14.0. The molecule has 5 nitrogen and oxygen atoms in total. The number of carbonyl (C=O) groups excluding carboxylic acids is 2. The summed E-state index contributed by atoms with van der Waals surface area (Å²) >= 11 is 12.1. The van der Waals surface area contributed by atoms with Crippen LogP contribution in [0, 0.1) is 0 Å². The van der Waals surface area contributed by atoms with E-state index in [1.165, 1.54) is 0 Å². The minimum absolute atomic E-state index is 0.208. The molecule has 24 heavy (non-hydrogen) atoms. The summed E-state index contributed by atoms with van der Waals surface area (Å²) in [4.78, 5) is 26.7. The third-order valence-corrected chi connectivity index (χ3v) is 5.34. The van der Waals surface area contributed by atoms with E-state index < -0.39 is 17.6 Å². The lowest BCUT2D eigenvalue weighted by molar-refractivity contribution is -0.142. The highest BCUT2D eigenvalue weighted by Crippen LogP contribution is 2.32. The first-order chi connectivity index (χ1) is 11.4. The van der Waals surface area contributed by atoms with Gasteiger partial charge in [0.05, 0.1) is 10.7 Å². The summed E-state index contributed by atoms with van der Waals surface area (Å²) in [6, 6.07) is 4.34. The second-order valence-electron chi connectivity index (χ2n) is 6.49. The molecule has 0 spiro atoms. The maximum Gasteiger partial charge on any atom is 0.252 e. The fraction of sp³-hybridized carbons (Fsp3) is 0.529. The summed E-state index contributed by atoms with van der Waals surface area (Å²) in [6.07, 6.45) is 3.86. The second-order valence-corrected chi connectivity index (χ2v) is 7.34. The van der Waals surface area contributed by atoms with Crippen molar-refractivity contribution in [3.05, 3.63) is 28.2 Å². The van der Waals surface area contributed by atoms with Crippen LogP contribution in [0.1, 0.15) is 38.5 Å². The summed E-state index contributed by atoms with van der Waals surface area (Å²) < 4.78 is 0. The third kappa shape index (κ3) is 3.39. The van der Waals surface area contributed by atoms with Gasteiger partial charge in [0.15, 0.2) is 0 Å². The molecule has 1 saturated heterocycles. The molecule has 1 aliphatic heterocycles. The van der Waals surface area contributed by atoms with Gasteiger partial charge < -0.3 is 15.3 Å². The molecule has 2 fully saturated rings. The van der Waals surface area contributed by atoms with E-state index in [1.807, 2.05) is 0 Å². The number of anilines is 1. The van der Waals surface area contributed by atoms with Crippen molar-refractivity contribution in [1.82, 2.24) is 5.32 Å². The summed E-state index contributed by atoms with van der Waals surface area (Å²) in [5.41, 5.74) is -0.745. The first-order valence-corrected chi connectivity index (χ1v) is 8.96. The number of halogens is 2. The molecule has 0 radical (unpaired) electrons. The number of rotatable bonds is 3. The summed E-state index contributed by atoms with van der Waals surface area (Å²) in [6.45, 7) is 0.539. The molecule has 1 heterocycles. The Hall–Kier alpha value is -1.30. The van der Waals surface area contributed by atoms with Crippen molar-refractivity contribution >= 4 is 40.7 Å². The molecule has 1 aromatic carbocycles. The number of piperidine rings is 1. The molecule has 2 N–H and O–H groups in total. The standard InChI is InChI=1S/C17H20Cl2N2O3/c18-11-5-6-14(12(19)10-11)21-9-3-4-13(15(21)22)20-16(23)17(24)7-1-2-8-17/h5-6,10,13,24H,1-4,7-9H2,(H,20,23). The maximum absolute atomic E-state index is 12.8. The average Bonchev–Trinajstić information content (AvgIpc) is 2.98. The Kier molecular flexibility index (Phi) is 5.04. The Morgan fingerprint density at radius 1 is 1.25 bits per heavy atom. The minimum atomic E-state index is -1.33. The number of amides is 2. The van der Waals surface area contributed by atoms with Crippen molar-refractivity contribution in [2.24, 2.45) is 0 Å². The second kappa shape index (κ2) is 6.90. The van der Waals surface area contributed by atoms with E-state index in [2.05, 4.69) is 5.32 Å². The van der Waals surface area contributed by atoms with Gasteiger partial charge in [0.1, 0.15) is 11.6 Å². The van der Waals surface area contributed by atoms with E-state index in [0.717, 1.165) is 19.3 Å². The Morgan fingerprint density at radius 2 is 1.96 bits per heavy atom. The molecule has 1 saturated carbocycles. The molecule has 0 aromatic heterocycles. The lowest BCUT2D eigenvalue weighted by Gasteiger charge is -2.34. The Balaban J connectivity index is 1.74. The topological polar surface area (TPSA) is 69.6 Å². The molecule has 0 bridgehead atoms. The molecule has 3 rings (SSSR count). The van der Waals surface area contributed by atoms with Gasteiger partial charge in [-0.2, -0.15) is 0 Å². The zero-order valence-corrected chi connectivity index (χ0v) is 14.7. The number of nitrogens with one attached hydrogen (secondary N) is 1. The van der Waals surface area contributed by atoms with Gasteiger partial charge in [-0.05, 0) is 56.7 Å². The highest BCUT2D eigenvalue weighted by molar-refractivity contribution is 6.36. The monoisotopic (exact) mass is 370 g/mol. The van der Waals surface area contributed by atoms with Crippen LogP contribution in [0.3, 0.4) is 0 Å². The quantitative estimate of drug-likeness (QED) is 0.859. The summed E-state index contributed by atoms with van der Waals surface area (Å²) in [5.74, 6) is -0.650. The van der Waals surface area contributed by atoms with Crippen molar-refractivity contribution in [3.63, 3.8) is 0 Å². The molecule has 130 valence electrons. The van der Waals surface area contributed by atoms with Crippen molar-refractivity contribution in [2.45, 2.75) is 50.2 Å². The number of aliphatic hydroxyl groups is 1. The van der Waals surface area contributed by atoms with Crippen molar-refractivity contribution in [3.8, 4) is 0 Å². The van der Waals surface area contributed by atoms with Gasteiger partial charge in [-0.15, -0.1) is 0 Å². The van der Waals surface area contributed by atoms with Crippen molar-refractivity contribution < 1.29 is 14.7 Å². The predicted molar refractivity (Wildman–Crippen MR) is 93.4 cm³/mol. The molecular weight excluding hydrogens is 351 g/mol. The minimum Gasteiger partial charge on any atom is -0.380 e. The zero-order valence-electron chi connectivity index (χ0n) is 13.2. The van der Waals surface area contributed by atoms with Gasteiger partial charge in [0.25, 0.3) is 5.91 Å². The number of benzene rings is 1. The number of hydrogen-bond acceptors (Lipinski definition) is 3. The SMILES string of the molecule is O=C1C(NC(=O)C2(O)CCCC2)CCCN1c1ccc(Cl)cc1Cl. The molecular formula is C17H20Cl2N2O3. The molecule has 7 heteroatoms. The van der Waals surface area contributed by atoms with E-state index in [9.17, 15) is 14.7 Å². The smallest absolute Gasteiger partial charge is 0.252 e. The molecule has 2 aliphatic rings. The molecule has 1 aromatic rings. The average molecular weight is 371 g/mol. The van der Waals surface area contributed by atoms with Gasteiger partial charge in [0.2, 0.25) is 5.91 Å². The van der Waals surface area contributed by atoms with Crippen LogP contribution in [0.4, 0.5) is 5.69 Å². The number of carbonyl (C=O) groups is 2. The molecule has 1 unspecified atom stereocenters. The van der Waals surface area contributed by atoms with Gasteiger partial charge in [-0.1, -0.05) is 23.2 Å². The molecule has 1 aliphatic carbocycles. The van der Waals surface area contributed by atoms with Gasteiger partial charge in [-0.25, -0.2) is 0 Å². The van der Waals surface area contributed by atoms with Crippen molar-refractivity contribution in [1.29, 1.82) is 0 Å². The van der Waals surface area contributed by atoms with E-state index in [1.54, 1.807) is 23.1 Å². The maximum atomic E-state index is 12.8. The van der Waals surface area contributed by atoms with Crippen LogP contribution >= 0.6 is 23.2 Å². The van der Waals surface area contributed by atoms with Crippen LogP contribution in [-0.2, 0) is 9.59 Å². The Morgan fingerprint density at radius 3 is 2.62 bits per heavy atom. The number of hydrogen-bond donors (Lipinski definition) is 2. The molecule has 1 atom stereocenters. The largest absolute Gasteiger partial charge is 0.380 e. The normalized spacial score (nSPS) is 23.4. The van der Waals surface area contributed by atoms with Crippen LogP contribution in [-0.4, -0.2) is 35.1 Å². The Labute approximate surface area is 150 Å². The van der Waals surface area contributed by atoms with Crippen LogP contribution in [0.5, 0.6) is 0 Å². The third-order valence-electron chi connectivity index (χ3n) is 4.80. The van der Waals surface area contributed by atoms with Crippen molar-refractivity contribution in [2.75, 3.05) is 11.4 Å². The van der Waals surface area contributed by atoms with E-state index in [-0.39, 0.29) is 5.91 Å². The van der Waals surface area contributed by atoms with Crippen LogP contribution in [0.2, 0.25) is 10.0 Å². The van der Waals surface area contributed by atoms with Crippen LogP contribution in [0.25, 0.3) is 0 Å². The highest BCUT2D eigenvalue weighted by Gasteiger charge is 2.41. The Bertz CT molecular complexity index is 659. The van der Waals surface area contributed by atoms with Gasteiger partial charge in [-0.3, -0.25) is 9.59 Å². The zero-order chi connectivity index (χ0) is 17.3. The van der Waals surface area contributed by atoms with Crippen LogP contribution in [0.15, 0.2) is 18.2 Å². The van der Waals surface area contributed by atoms with E-state index in [0.29, 0.717) is 41.5 Å². The first-order valence-electron chi connectivity index (χ1n) is 8.20. The van der Waals surface area contributed by atoms with Crippen LogP contribution < -0.4 is 10.2 Å². The van der Waals surface area contributed by atoms with Gasteiger partial charge in [0, 0.05) is 11.6 Å². The van der Waals surface area contributed by atoms with E-state index >= 15 is 0 Å². The molecule has 2 amide bonds. The predicted octanol–water partition coefficient (Wildman–Crippen LogP) is 2.91. The number of nitrogens with zero attached hydrogens (tertiary/aromatic N) is 1.